The maximum absolute atomic E-state index is 6.00. The molecular formula is C12H18BrClN4. The predicted octanol–water partition coefficient (Wildman–Crippen LogP) is 2.81. The molecule has 1 saturated carbocycles. The van der Waals surface area contributed by atoms with Crippen LogP contribution in [0.15, 0.2) is 10.8 Å². The lowest BCUT2D eigenvalue weighted by Crippen LogP contribution is -2.56. The Balaban J connectivity index is 2.17. The summed E-state index contributed by atoms with van der Waals surface area (Å²) in [5.41, 5.74) is 0.269. The highest BCUT2D eigenvalue weighted by Crippen LogP contribution is 2.38. The van der Waals surface area contributed by atoms with Crippen LogP contribution in [0.3, 0.4) is 0 Å². The van der Waals surface area contributed by atoms with Crippen molar-refractivity contribution in [2.75, 3.05) is 32.6 Å². The normalized spacial score (nSPS) is 17.7. The van der Waals surface area contributed by atoms with Crippen LogP contribution >= 0.6 is 27.5 Å². The van der Waals surface area contributed by atoms with Gasteiger partial charge in [0, 0.05) is 19.1 Å². The zero-order chi connectivity index (χ0) is 13.3. The van der Waals surface area contributed by atoms with E-state index in [9.17, 15) is 0 Å². The summed E-state index contributed by atoms with van der Waals surface area (Å²) < 4.78 is 0.766. The molecule has 0 amide bonds. The third-order valence-corrected chi connectivity index (χ3v) is 5.10. The largest absolute Gasteiger partial charge is 0.357 e. The van der Waals surface area contributed by atoms with Crippen molar-refractivity contribution >= 4 is 33.3 Å². The van der Waals surface area contributed by atoms with Gasteiger partial charge in [-0.25, -0.2) is 9.97 Å². The summed E-state index contributed by atoms with van der Waals surface area (Å²) in [4.78, 5) is 12.7. The molecule has 1 aromatic heterocycles. The van der Waals surface area contributed by atoms with E-state index in [2.05, 4.69) is 49.8 Å². The standard InChI is InChI=1S/C12H18BrClN4/c1-17(2)12(5-4-6-12)7-18(3)11-9(13)10(14)15-8-16-11/h8H,4-7H2,1-3H3. The van der Waals surface area contributed by atoms with Gasteiger partial charge in [-0.2, -0.15) is 0 Å². The van der Waals surface area contributed by atoms with E-state index in [1.807, 2.05) is 7.05 Å². The number of halogens is 2. The predicted molar refractivity (Wildman–Crippen MR) is 78.3 cm³/mol. The topological polar surface area (TPSA) is 32.3 Å². The van der Waals surface area contributed by atoms with Crippen LogP contribution in [0, 0.1) is 0 Å². The molecule has 0 spiro atoms. The second-order valence-corrected chi connectivity index (χ2v) is 6.28. The van der Waals surface area contributed by atoms with Crippen molar-refractivity contribution in [3.63, 3.8) is 0 Å². The van der Waals surface area contributed by atoms with Crippen LogP contribution in [-0.2, 0) is 0 Å². The van der Waals surface area contributed by atoms with Crippen LogP contribution in [-0.4, -0.2) is 48.1 Å². The van der Waals surface area contributed by atoms with Crippen molar-refractivity contribution in [2.45, 2.75) is 24.8 Å². The first-order valence-electron chi connectivity index (χ1n) is 6.01. The van der Waals surface area contributed by atoms with Crippen molar-refractivity contribution in [1.82, 2.24) is 14.9 Å². The lowest BCUT2D eigenvalue weighted by Gasteiger charge is -2.49. The van der Waals surface area contributed by atoms with E-state index in [-0.39, 0.29) is 5.54 Å². The molecule has 0 unspecified atom stereocenters. The van der Waals surface area contributed by atoms with Crippen LogP contribution < -0.4 is 4.90 Å². The number of likely N-dealkylation sites (N-methyl/N-ethyl adjacent to an activating group) is 2. The zero-order valence-corrected chi connectivity index (χ0v) is 13.3. The summed E-state index contributed by atoms with van der Waals surface area (Å²) in [6.45, 7) is 0.950. The van der Waals surface area contributed by atoms with Gasteiger partial charge in [-0.05, 0) is 49.3 Å². The fraction of sp³-hybridized carbons (Fsp3) is 0.667. The first-order valence-corrected chi connectivity index (χ1v) is 7.18. The molecule has 1 heterocycles. The second-order valence-electron chi connectivity index (χ2n) is 5.13. The third-order valence-electron chi connectivity index (χ3n) is 3.85. The second kappa shape index (κ2) is 5.31. The van der Waals surface area contributed by atoms with Crippen LogP contribution in [0.25, 0.3) is 0 Å². The van der Waals surface area contributed by atoms with Gasteiger partial charge in [0.1, 0.15) is 17.3 Å². The van der Waals surface area contributed by atoms with Crippen molar-refractivity contribution < 1.29 is 0 Å². The lowest BCUT2D eigenvalue weighted by atomic mass is 9.75. The van der Waals surface area contributed by atoms with E-state index >= 15 is 0 Å². The Morgan fingerprint density at radius 2 is 2.00 bits per heavy atom. The minimum absolute atomic E-state index is 0.269. The van der Waals surface area contributed by atoms with E-state index in [1.165, 1.54) is 25.6 Å². The molecule has 18 heavy (non-hydrogen) atoms. The van der Waals surface area contributed by atoms with Gasteiger partial charge < -0.3 is 9.80 Å². The van der Waals surface area contributed by atoms with Gasteiger partial charge in [0.05, 0.1) is 4.47 Å². The van der Waals surface area contributed by atoms with Gasteiger partial charge in [-0.15, -0.1) is 0 Å². The maximum atomic E-state index is 6.00. The summed E-state index contributed by atoms with van der Waals surface area (Å²) in [6.07, 6.45) is 5.28. The summed E-state index contributed by atoms with van der Waals surface area (Å²) in [5.74, 6) is 0.850. The van der Waals surface area contributed by atoms with Crippen LogP contribution in [0.2, 0.25) is 5.15 Å². The van der Waals surface area contributed by atoms with Crippen molar-refractivity contribution in [1.29, 1.82) is 0 Å². The molecule has 1 aliphatic rings. The first-order chi connectivity index (χ1) is 8.46. The number of hydrogen-bond donors (Lipinski definition) is 0. The molecule has 6 heteroatoms. The summed E-state index contributed by atoms with van der Waals surface area (Å²) in [5, 5.41) is 0.458. The zero-order valence-electron chi connectivity index (χ0n) is 11.0. The molecule has 0 radical (unpaired) electrons. The van der Waals surface area contributed by atoms with Crippen LogP contribution in [0.4, 0.5) is 5.82 Å². The fourth-order valence-corrected chi connectivity index (χ4v) is 3.09. The molecule has 2 rings (SSSR count). The average Bonchev–Trinajstić information content (AvgIpc) is 2.26. The Bertz CT molecular complexity index is 434. The number of hydrogen-bond acceptors (Lipinski definition) is 4. The monoisotopic (exact) mass is 332 g/mol. The van der Waals surface area contributed by atoms with Gasteiger partial charge in [0.25, 0.3) is 0 Å². The first kappa shape index (κ1) is 14.0. The molecule has 0 N–H and O–H groups in total. The Labute approximate surface area is 121 Å². The average molecular weight is 334 g/mol. The van der Waals surface area contributed by atoms with Gasteiger partial charge in [-0.3, -0.25) is 0 Å². The Morgan fingerprint density at radius 1 is 1.33 bits per heavy atom. The lowest BCUT2D eigenvalue weighted by molar-refractivity contribution is 0.0681. The number of aromatic nitrogens is 2. The van der Waals surface area contributed by atoms with Gasteiger partial charge in [-0.1, -0.05) is 11.6 Å². The fourth-order valence-electron chi connectivity index (χ4n) is 2.45. The van der Waals surface area contributed by atoms with E-state index in [4.69, 9.17) is 11.6 Å². The highest BCUT2D eigenvalue weighted by atomic mass is 79.9. The summed E-state index contributed by atoms with van der Waals surface area (Å²) in [7, 11) is 6.34. The summed E-state index contributed by atoms with van der Waals surface area (Å²) >= 11 is 9.46. The smallest absolute Gasteiger partial charge is 0.148 e. The highest BCUT2D eigenvalue weighted by molar-refractivity contribution is 9.10. The molecule has 0 saturated heterocycles. The third kappa shape index (κ3) is 2.49. The van der Waals surface area contributed by atoms with E-state index in [1.54, 1.807) is 0 Å². The Morgan fingerprint density at radius 3 is 2.50 bits per heavy atom. The molecule has 1 aliphatic carbocycles. The minimum Gasteiger partial charge on any atom is -0.357 e. The molecule has 100 valence electrons. The molecule has 0 atom stereocenters. The number of nitrogens with zero attached hydrogens (tertiary/aromatic N) is 4. The molecule has 1 aromatic rings. The number of anilines is 1. The molecule has 0 aromatic carbocycles. The van der Waals surface area contributed by atoms with Crippen molar-refractivity contribution in [3.8, 4) is 0 Å². The van der Waals surface area contributed by atoms with Crippen molar-refractivity contribution in [2.24, 2.45) is 0 Å². The van der Waals surface area contributed by atoms with E-state index in [0.29, 0.717) is 5.15 Å². The Hall–Kier alpha value is -0.390. The van der Waals surface area contributed by atoms with E-state index < -0.39 is 0 Å². The molecule has 0 aliphatic heterocycles. The molecular weight excluding hydrogens is 316 g/mol. The van der Waals surface area contributed by atoms with Crippen molar-refractivity contribution in [3.05, 3.63) is 16.0 Å². The molecule has 1 fully saturated rings. The maximum Gasteiger partial charge on any atom is 0.148 e. The SMILES string of the molecule is CN(CC1(N(C)C)CCC1)c1ncnc(Cl)c1Br. The van der Waals surface area contributed by atoms with E-state index in [0.717, 1.165) is 16.8 Å². The van der Waals surface area contributed by atoms with Gasteiger partial charge in [0.15, 0.2) is 0 Å². The van der Waals surface area contributed by atoms with Crippen LogP contribution in [0.1, 0.15) is 19.3 Å². The molecule has 4 nitrogen and oxygen atoms in total. The number of rotatable bonds is 4. The highest BCUT2D eigenvalue weighted by Gasteiger charge is 2.40. The Kier molecular flexibility index (Phi) is 4.14. The quantitative estimate of drug-likeness (QED) is 0.793. The van der Waals surface area contributed by atoms with Crippen LogP contribution in [0.5, 0.6) is 0 Å². The molecule has 0 bridgehead atoms. The van der Waals surface area contributed by atoms with Gasteiger partial charge in [0.2, 0.25) is 0 Å². The minimum atomic E-state index is 0.269. The van der Waals surface area contributed by atoms with Gasteiger partial charge >= 0.3 is 0 Å². The summed E-state index contributed by atoms with van der Waals surface area (Å²) in [6, 6.07) is 0.